The van der Waals surface area contributed by atoms with Crippen LogP contribution in [0.2, 0.25) is 0 Å². The number of hydrogen-bond donors (Lipinski definition) is 0. The average Bonchev–Trinajstić information content (AvgIpc) is 2.71. The predicted octanol–water partition coefficient (Wildman–Crippen LogP) is 4.17. The third kappa shape index (κ3) is 7.48. The van der Waals surface area contributed by atoms with Crippen LogP contribution < -0.4 is 14.4 Å². The number of likely N-dealkylation sites (N-methyl/N-ethyl adjacent to an activating group) is 1. The average molecular weight is 344 g/mol. The molecule has 4 nitrogen and oxygen atoms in total. The van der Waals surface area contributed by atoms with Gasteiger partial charge >= 0.3 is 0 Å². The summed E-state index contributed by atoms with van der Waals surface area (Å²) < 4.78 is 9.95. The van der Waals surface area contributed by atoms with Gasteiger partial charge in [-0.2, -0.15) is 0 Å². The molecule has 0 N–H and O–H groups in total. The quantitative estimate of drug-likeness (QED) is 0.834. The second kappa shape index (κ2) is 12.2. The van der Waals surface area contributed by atoms with E-state index < -0.39 is 0 Å². The first-order chi connectivity index (χ1) is 12.2. The smallest absolute Gasteiger partial charge is 0.122 e. The third-order valence-corrected chi connectivity index (χ3v) is 3.90. The highest BCUT2D eigenvalue weighted by atomic mass is 16.5. The van der Waals surface area contributed by atoms with Gasteiger partial charge in [-0.3, -0.25) is 0 Å². The van der Waals surface area contributed by atoms with Gasteiger partial charge in [0.1, 0.15) is 11.5 Å². The van der Waals surface area contributed by atoms with E-state index in [1.165, 1.54) is 18.8 Å². The lowest BCUT2D eigenvalue weighted by Gasteiger charge is -2.33. The number of methoxy groups -OCH3 is 2. The molecule has 4 heteroatoms. The van der Waals surface area contributed by atoms with Crippen LogP contribution >= 0.6 is 0 Å². The fourth-order valence-electron chi connectivity index (χ4n) is 2.43. The van der Waals surface area contributed by atoms with Crippen molar-refractivity contribution in [2.24, 2.45) is 0 Å². The fourth-order valence-corrected chi connectivity index (χ4v) is 2.43. The first-order valence-corrected chi connectivity index (χ1v) is 8.89. The Morgan fingerprint density at radius 2 is 1.24 bits per heavy atom. The third-order valence-electron chi connectivity index (χ3n) is 3.90. The monoisotopic (exact) mass is 344 g/mol. The van der Waals surface area contributed by atoms with Crippen molar-refractivity contribution in [3.63, 3.8) is 0 Å². The van der Waals surface area contributed by atoms with Gasteiger partial charge in [-0.1, -0.05) is 38.1 Å². The molecule has 1 heterocycles. The Labute approximate surface area is 153 Å². The Balaban J connectivity index is 0.000000235. The zero-order valence-corrected chi connectivity index (χ0v) is 16.2. The molecule has 0 aliphatic carbocycles. The van der Waals surface area contributed by atoms with E-state index in [1.54, 1.807) is 14.2 Å². The van der Waals surface area contributed by atoms with Gasteiger partial charge in [0.15, 0.2) is 0 Å². The maximum absolute atomic E-state index is 4.98. The molecule has 25 heavy (non-hydrogen) atoms. The van der Waals surface area contributed by atoms with Crippen molar-refractivity contribution in [3.8, 4) is 11.5 Å². The Morgan fingerprint density at radius 1 is 0.720 bits per heavy atom. The van der Waals surface area contributed by atoms with Crippen LogP contribution in [0, 0.1) is 0 Å². The first-order valence-electron chi connectivity index (χ1n) is 8.89. The number of nitrogens with zero attached hydrogens (tertiary/aromatic N) is 2. The van der Waals surface area contributed by atoms with Crippen LogP contribution in [-0.2, 0) is 0 Å². The maximum Gasteiger partial charge on any atom is 0.122 e. The Bertz CT molecular complexity index is 548. The SMILES string of the molecule is CC.CN1CCN(c2ccccc2)CC1.COc1cccc(OC)c1. The number of ether oxygens (including phenoxy) is 2. The normalized spacial score (nSPS) is 13.7. The molecule has 1 fully saturated rings. The Morgan fingerprint density at radius 3 is 1.72 bits per heavy atom. The van der Waals surface area contributed by atoms with Crippen LogP contribution in [0.5, 0.6) is 11.5 Å². The Hall–Kier alpha value is -2.20. The van der Waals surface area contributed by atoms with Crippen molar-refractivity contribution in [2.75, 3.05) is 52.3 Å². The van der Waals surface area contributed by atoms with Crippen molar-refractivity contribution >= 4 is 5.69 Å². The minimum Gasteiger partial charge on any atom is -0.497 e. The van der Waals surface area contributed by atoms with Gasteiger partial charge in [0.05, 0.1) is 14.2 Å². The molecule has 2 aromatic rings. The van der Waals surface area contributed by atoms with Crippen molar-refractivity contribution in [3.05, 3.63) is 54.6 Å². The summed E-state index contributed by atoms with van der Waals surface area (Å²) in [5.41, 5.74) is 1.36. The summed E-state index contributed by atoms with van der Waals surface area (Å²) in [6.45, 7) is 8.66. The molecule has 1 saturated heterocycles. The molecule has 0 bridgehead atoms. The number of rotatable bonds is 3. The number of piperazine rings is 1. The molecule has 0 unspecified atom stereocenters. The molecule has 0 aromatic heterocycles. The van der Waals surface area contributed by atoms with E-state index >= 15 is 0 Å². The number of para-hydroxylation sites is 1. The molecule has 3 rings (SSSR count). The van der Waals surface area contributed by atoms with Crippen LogP contribution in [0.3, 0.4) is 0 Å². The van der Waals surface area contributed by atoms with Crippen LogP contribution in [0.15, 0.2) is 54.6 Å². The van der Waals surface area contributed by atoms with E-state index in [2.05, 4.69) is 47.2 Å². The molecular weight excluding hydrogens is 312 g/mol. The highest BCUT2D eigenvalue weighted by Gasteiger charge is 2.13. The van der Waals surface area contributed by atoms with Gasteiger partial charge < -0.3 is 19.3 Å². The predicted molar refractivity (Wildman–Crippen MR) is 107 cm³/mol. The largest absolute Gasteiger partial charge is 0.497 e. The highest BCUT2D eigenvalue weighted by Crippen LogP contribution is 2.17. The first kappa shape index (κ1) is 20.8. The molecule has 0 atom stereocenters. The summed E-state index contributed by atoms with van der Waals surface area (Å²) in [5, 5.41) is 0. The van der Waals surface area contributed by atoms with E-state index in [4.69, 9.17) is 9.47 Å². The van der Waals surface area contributed by atoms with Gasteiger partial charge in [0.2, 0.25) is 0 Å². The van der Waals surface area contributed by atoms with Gasteiger partial charge in [0, 0.05) is 37.9 Å². The summed E-state index contributed by atoms with van der Waals surface area (Å²) in [6.07, 6.45) is 0. The van der Waals surface area contributed by atoms with Gasteiger partial charge in [-0.15, -0.1) is 0 Å². The van der Waals surface area contributed by atoms with E-state index in [-0.39, 0.29) is 0 Å². The number of hydrogen-bond acceptors (Lipinski definition) is 4. The summed E-state index contributed by atoms with van der Waals surface area (Å²) in [7, 11) is 5.45. The fraction of sp³-hybridized carbons (Fsp3) is 0.429. The lowest BCUT2D eigenvalue weighted by Crippen LogP contribution is -2.44. The van der Waals surface area contributed by atoms with Crippen LogP contribution in [0.1, 0.15) is 13.8 Å². The van der Waals surface area contributed by atoms with E-state index in [9.17, 15) is 0 Å². The van der Waals surface area contributed by atoms with Crippen molar-refractivity contribution in [2.45, 2.75) is 13.8 Å². The molecular formula is C21H32N2O2. The van der Waals surface area contributed by atoms with Gasteiger partial charge in [0.25, 0.3) is 0 Å². The Kier molecular flexibility index (Phi) is 10.2. The lowest BCUT2D eigenvalue weighted by molar-refractivity contribution is 0.313. The molecule has 138 valence electrons. The summed E-state index contributed by atoms with van der Waals surface area (Å²) in [6, 6.07) is 18.1. The van der Waals surface area contributed by atoms with Gasteiger partial charge in [-0.05, 0) is 31.3 Å². The van der Waals surface area contributed by atoms with E-state index in [0.717, 1.165) is 24.6 Å². The minimum absolute atomic E-state index is 0.819. The van der Waals surface area contributed by atoms with Crippen LogP contribution in [-0.4, -0.2) is 52.3 Å². The van der Waals surface area contributed by atoms with E-state index in [1.807, 2.05) is 38.1 Å². The summed E-state index contributed by atoms with van der Waals surface area (Å²) >= 11 is 0. The second-order valence-corrected chi connectivity index (χ2v) is 5.51. The molecule has 0 radical (unpaired) electrons. The standard InChI is InChI=1S/C11H16N2.C8H10O2.C2H6/c1-12-7-9-13(10-8-12)11-5-3-2-4-6-11;1-9-7-4-3-5-8(6-7)10-2;1-2/h2-6H,7-10H2,1H3;3-6H,1-2H3;1-2H3. The van der Waals surface area contributed by atoms with Crippen molar-refractivity contribution in [1.29, 1.82) is 0 Å². The molecule has 2 aromatic carbocycles. The topological polar surface area (TPSA) is 24.9 Å². The van der Waals surface area contributed by atoms with Crippen LogP contribution in [0.25, 0.3) is 0 Å². The van der Waals surface area contributed by atoms with Crippen molar-refractivity contribution < 1.29 is 9.47 Å². The number of benzene rings is 2. The summed E-state index contributed by atoms with van der Waals surface area (Å²) in [4.78, 5) is 4.82. The number of anilines is 1. The van der Waals surface area contributed by atoms with Crippen LogP contribution in [0.4, 0.5) is 5.69 Å². The molecule has 1 aliphatic heterocycles. The maximum atomic E-state index is 4.98. The van der Waals surface area contributed by atoms with Crippen molar-refractivity contribution in [1.82, 2.24) is 4.90 Å². The molecule has 0 saturated carbocycles. The zero-order valence-electron chi connectivity index (χ0n) is 16.2. The zero-order chi connectivity index (χ0) is 18.5. The molecule has 1 aliphatic rings. The molecule has 0 spiro atoms. The summed E-state index contributed by atoms with van der Waals surface area (Å²) in [5.74, 6) is 1.64. The lowest BCUT2D eigenvalue weighted by atomic mass is 10.2. The van der Waals surface area contributed by atoms with Gasteiger partial charge in [-0.25, -0.2) is 0 Å². The molecule has 0 amide bonds. The highest BCUT2D eigenvalue weighted by molar-refractivity contribution is 5.46. The minimum atomic E-state index is 0.819. The van der Waals surface area contributed by atoms with E-state index in [0.29, 0.717) is 0 Å². The second-order valence-electron chi connectivity index (χ2n) is 5.51.